The van der Waals surface area contributed by atoms with E-state index in [2.05, 4.69) is 0 Å². The average molecular weight is 531 g/mol. The van der Waals surface area contributed by atoms with Gasteiger partial charge in [-0.25, -0.2) is 8.78 Å². The first-order chi connectivity index (χ1) is 14.3. The van der Waals surface area contributed by atoms with E-state index in [1.54, 1.807) is 46.9 Å². The van der Waals surface area contributed by atoms with Crippen molar-refractivity contribution in [3.8, 4) is 0 Å². The molecule has 8 heteroatoms. The van der Waals surface area contributed by atoms with Crippen molar-refractivity contribution in [2.45, 2.75) is 25.1 Å². The molecule has 0 heterocycles. The predicted octanol–water partition coefficient (Wildman–Crippen LogP) is 4.09. The first kappa shape index (κ1) is 24.2. The van der Waals surface area contributed by atoms with Crippen LogP contribution in [0.3, 0.4) is 0 Å². The number of nitrogens with zero attached hydrogens (tertiary/aromatic N) is 1. The molecule has 0 bridgehead atoms. The molecule has 0 saturated heterocycles. The van der Waals surface area contributed by atoms with Crippen molar-refractivity contribution in [1.82, 2.24) is 4.90 Å². The predicted molar refractivity (Wildman–Crippen MR) is 117 cm³/mol. The van der Waals surface area contributed by atoms with Crippen LogP contribution < -0.4 is 0 Å². The molecule has 2 aromatic rings. The van der Waals surface area contributed by atoms with Crippen LogP contribution in [0.25, 0.3) is 0 Å². The van der Waals surface area contributed by atoms with Crippen molar-refractivity contribution < 1.29 is 27.8 Å². The fourth-order valence-electron chi connectivity index (χ4n) is 3.30. The summed E-state index contributed by atoms with van der Waals surface area (Å²) < 4.78 is 39.3. The highest BCUT2D eigenvalue weighted by Crippen LogP contribution is 2.34. The van der Waals surface area contributed by atoms with Gasteiger partial charge in [0, 0.05) is 13.1 Å². The normalized spacial score (nSPS) is 12.6. The largest absolute Gasteiger partial charge is 0.468 e. The average Bonchev–Trinajstić information content (AvgIpc) is 2.77. The lowest BCUT2D eigenvalue weighted by Crippen LogP contribution is -2.57. The number of hydrogen-bond acceptors (Lipinski definition) is 5. The summed E-state index contributed by atoms with van der Waals surface area (Å²) >= 11 is 1.56. The Morgan fingerprint density at radius 3 is 1.63 bits per heavy atom. The van der Waals surface area contributed by atoms with E-state index < -0.39 is 34.2 Å². The number of methoxy groups -OCH3 is 2. The zero-order valence-electron chi connectivity index (χ0n) is 16.8. The standard InChI is InChI=1S/C22H24F2INO4/c1-29-20(27)18(21(28)30-2)19(22(23,24)15-25)26(13-16-9-5-3-6-10-16)14-17-11-7-4-8-12-17/h3-12,18-19H,13-15H2,1-2H3. The minimum Gasteiger partial charge on any atom is -0.468 e. The van der Waals surface area contributed by atoms with Gasteiger partial charge in [-0.15, -0.1) is 0 Å². The third kappa shape index (κ3) is 6.21. The molecule has 0 fully saturated rings. The SMILES string of the molecule is COC(=O)C(C(=O)OC)C(N(Cc1ccccc1)Cc1ccccc1)C(F)(F)CI. The maximum Gasteiger partial charge on any atom is 0.321 e. The summed E-state index contributed by atoms with van der Waals surface area (Å²) in [7, 11) is 2.13. The van der Waals surface area contributed by atoms with Crippen LogP contribution in [-0.4, -0.2) is 47.5 Å². The number of rotatable bonds is 10. The summed E-state index contributed by atoms with van der Waals surface area (Å²) in [4.78, 5) is 26.3. The quantitative estimate of drug-likeness (QED) is 0.200. The molecule has 5 nitrogen and oxygen atoms in total. The van der Waals surface area contributed by atoms with Gasteiger partial charge < -0.3 is 9.47 Å². The topological polar surface area (TPSA) is 55.8 Å². The molecule has 2 rings (SSSR count). The molecular formula is C22H24F2INO4. The van der Waals surface area contributed by atoms with Crippen molar-refractivity contribution in [3.63, 3.8) is 0 Å². The van der Waals surface area contributed by atoms with Crippen LogP contribution in [-0.2, 0) is 32.2 Å². The summed E-state index contributed by atoms with van der Waals surface area (Å²) in [6, 6.07) is 16.4. The molecule has 0 aliphatic rings. The highest BCUT2D eigenvalue weighted by molar-refractivity contribution is 14.1. The number of hydrogen-bond donors (Lipinski definition) is 0. The van der Waals surface area contributed by atoms with Crippen molar-refractivity contribution >= 4 is 34.5 Å². The number of halogens is 3. The van der Waals surface area contributed by atoms with Crippen molar-refractivity contribution in [3.05, 3.63) is 71.8 Å². The molecule has 162 valence electrons. The van der Waals surface area contributed by atoms with Gasteiger partial charge >= 0.3 is 11.9 Å². The van der Waals surface area contributed by atoms with Gasteiger partial charge in [-0.3, -0.25) is 14.5 Å². The second kappa shape index (κ2) is 11.4. The lowest BCUT2D eigenvalue weighted by Gasteiger charge is -2.39. The fourth-order valence-corrected chi connectivity index (χ4v) is 3.75. The van der Waals surface area contributed by atoms with E-state index in [1.165, 1.54) is 4.90 Å². The fraction of sp³-hybridized carbons (Fsp3) is 0.364. The number of ether oxygens (including phenoxy) is 2. The summed E-state index contributed by atoms with van der Waals surface area (Å²) in [5.74, 6) is -7.26. The Morgan fingerprint density at radius 1 is 0.900 bits per heavy atom. The van der Waals surface area contributed by atoms with E-state index in [-0.39, 0.29) is 13.1 Å². The molecule has 2 aromatic carbocycles. The zero-order valence-corrected chi connectivity index (χ0v) is 18.9. The number of alkyl halides is 3. The summed E-state index contributed by atoms with van der Waals surface area (Å²) in [6.45, 7) is 0.217. The van der Waals surface area contributed by atoms with Crippen molar-refractivity contribution in [2.24, 2.45) is 5.92 Å². The monoisotopic (exact) mass is 531 g/mol. The van der Waals surface area contributed by atoms with Crippen LogP contribution in [0.4, 0.5) is 8.78 Å². The molecule has 0 aromatic heterocycles. The number of carbonyl (C=O) groups excluding carboxylic acids is 2. The van der Waals surface area contributed by atoms with Crippen molar-refractivity contribution in [1.29, 1.82) is 0 Å². The van der Waals surface area contributed by atoms with Gasteiger partial charge in [0.15, 0.2) is 5.92 Å². The summed E-state index contributed by atoms with van der Waals surface area (Å²) in [5, 5.41) is 0. The number of benzene rings is 2. The Morgan fingerprint density at radius 2 is 1.30 bits per heavy atom. The highest BCUT2D eigenvalue weighted by atomic mass is 127. The summed E-state index contributed by atoms with van der Waals surface area (Å²) in [5.41, 5.74) is 1.55. The molecule has 30 heavy (non-hydrogen) atoms. The Kier molecular flexibility index (Phi) is 9.16. The van der Waals surface area contributed by atoms with E-state index in [9.17, 15) is 9.59 Å². The van der Waals surface area contributed by atoms with E-state index in [0.29, 0.717) is 0 Å². The van der Waals surface area contributed by atoms with Gasteiger partial charge in [-0.2, -0.15) is 0 Å². The van der Waals surface area contributed by atoms with Crippen LogP contribution in [0, 0.1) is 5.92 Å². The van der Waals surface area contributed by atoms with Gasteiger partial charge in [0.1, 0.15) is 0 Å². The van der Waals surface area contributed by atoms with Gasteiger partial charge in [-0.05, 0) is 11.1 Å². The second-order valence-corrected chi connectivity index (χ2v) is 7.50. The Labute approximate surface area is 188 Å². The Hall–Kier alpha value is -2.07. The molecule has 0 N–H and O–H groups in total. The maximum absolute atomic E-state index is 15.3. The van der Waals surface area contributed by atoms with Crippen LogP contribution in [0.5, 0.6) is 0 Å². The lowest BCUT2D eigenvalue weighted by molar-refractivity contribution is -0.173. The van der Waals surface area contributed by atoms with Crippen molar-refractivity contribution in [2.75, 3.05) is 18.6 Å². The van der Waals surface area contributed by atoms with E-state index in [0.717, 1.165) is 25.3 Å². The van der Waals surface area contributed by atoms with Crippen LogP contribution in [0.1, 0.15) is 11.1 Å². The Balaban J connectivity index is 2.57. The van der Waals surface area contributed by atoms with E-state index in [4.69, 9.17) is 9.47 Å². The van der Waals surface area contributed by atoms with E-state index >= 15 is 8.78 Å². The minimum absolute atomic E-state index is 0.108. The molecule has 0 aliphatic carbocycles. The van der Waals surface area contributed by atoms with Gasteiger partial charge in [0.2, 0.25) is 0 Å². The summed E-state index contributed by atoms with van der Waals surface area (Å²) in [6.07, 6.45) is 0. The van der Waals surface area contributed by atoms with E-state index in [1.807, 2.05) is 36.4 Å². The zero-order chi connectivity index (χ0) is 22.1. The lowest BCUT2D eigenvalue weighted by atomic mass is 9.92. The highest BCUT2D eigenvalue weighted by Gasteiger charge is 2.53. The molecule has 0 spiro atoms. The Bertz CT molecular complexity index is 763. The maximum atomic E-state index is 15.3. The molecule has 1 atom stereocenters. The molecular weight excluding hydrogens is 507 g/mol. The van der Waals surface area contributed by atoms with Gasteiger partial charge in [-0.1, -0.05) is 83.3 Å². The molecule has 0 aliphatic heterocycles. The molecule has 1 unspecified atom stereocenters. The minimum atomic E-state index is -3.36. The molecule has 0 radical (unpaired) electrons. The first-order valence-corrected chi connectivity index (χ1v) is 10.8. The first-order valence-electron chi connectivity index (χ1n) is 9.25. The van der Waals surface area contributed by atoms with Crippen LogP contribution >= 0.6 is 22.6 Å². The van der Waals surface area contributed by atoms with Gasteiger partial charge in [0.05, 0.1) is 24.7 Å². The second-order valence-electron chi connectivity index (χ2n) is 6.74. The van der Waals surface area contributed by atoms with Crippen LogP contribution in [0.2, 0.25) is 0 Å². The molecule has 0 amide bonds. The van der Waals surface area contributed by atoms with Gasteiger partial charge in [0.25, 0.3) is 5.92 Å². The number of carbonyl (C=O) groups is 2. The van der Waals surface area contributed by atoms with Crippen LogP contribution in [0.15, 0.2) is 60.7 Å². The third-order valence-electron chi connectivity index (χ3n) is 4.69. The molecule has 0 saturated carbocycles. The smallest absolute Gasteiger partial charge is 0.321 e. The number of esters is 2. The third-order valence-corrected chi connectivity index (χ3v) is 5.70.